The smallest absolute Gasteiger partial charge is 0.325 e. The molecule has 2 atom stereocenters. The standard InChI is InChI=1S/C6H12N2O3.4H2O/c1-3(7)5(9)8-4(2)6(10)11;;;;/h3-4H,7H2,1-2H3,(H,8,9)(H,10,11);4*1H2/t3-,4-;;;;/m0..../s1. The lowest BCUT2D eigenvalue weighted by Gasteiger charge is -2.10. The van der Waals surface area contributed by atoms with Gasteiger partial charge in [0.15, 0.2) is 0 Å². The van der Waals surface area contributed by atoms with E-state index in [1.54, 1.807) is 0 Å². The molecular formula is C6H20N2O7. The highest BCUT2D eigenvalue weighted by Crippen LogP contribution is 1.83. The van der Waals surface area contributed by atoms with Crippen LogP contribution in [0.15, 0.2) is 0 Å². The topological polar surface area (TPSA) is 218 Å². The van der Waals surface area contributed by atoms with Crippen molar-refractivity contribution in [3.05, 3.63) is 0 Å². The molecule has 9 heteroatoms. The van der Waals surface area contributed by atoms with Gasteiger partial charge in [0.05, 0.1) is 6.04 Å². The molecule has 0 heterocycles. The molecule has 0 rings (SSSR count). The molecule has 0 saturated carbocycles. The van der Waals surface area contributed by atoms with E-state index in [1.807, 2.05) is 0 Å². The molecule has 0 fully saturated rings. The van der Waals surface area contributed by atoms with Crippen molar-refractivity contribution >= 4 is 11.9 Å². The van der Waals surface area contributed by atoms with Crippen LogP contribution < -0.4 is 11.1 Å². The molecule has 0 aromatic carbocycles. The van der Waals surface area contributed by atoms with Crippen LogP contribution in [-0.2, 0) is 9.59 Å². The Bertz CT molecular complexity index is 173. The van der Waals surface area contributed by atoms with Crippen LogP contribution in [0.25, 0.3) is 0 Å². The molecule has 0 saturated heterocycles. The third kappa shape index (κ3) is 12.7. The zero-order valence-electron chi connectivity index (χ0n) is 8.50. The molecule has 0 unspecified atom stereocenters. The quantitative estimate of drug-likeness (QED) is 0.438. The number of nitrogens with one attached hydrogen (secondary N) is 1. The summed E-state index contributed by atoms with van der Waals surface area (Å²) in [6.45, 7) is 2.87. The van der Waals surface area contributed by atoms with Gasteiger partial charge in [0.2, 0.25) is 5.91 Å². The molecule has 0 aromatic rings. The van der Waals surface area contributed by atoms with Crippen molar-refractivity contribution in [3.63, 3.8) is 0 Å². The zero-order chi connectivity index (χ0) is 9.02. The molecule has 0 aliphatic heterocycles. The first-order valence-corrected chi connectivity index (χ1v) is 3.24. The first-order valence-electron chi connectivity index (χ1n) is 3.24. The van der Waals surface area contributed by atoms with E-state index in [-0.39, 0.29) is 21.9 Å². The number of hydrogen-bond acceptors (Lipinski definition) is 3. The Kier molecular flexibility index (Phi) is 24.8. The Morgan fingerprint density at radius 1 is 1.13 bits per heavy atom. The molecular weight excluding hydrogens is 212 g/mol. The van der Waals surface area contributed by atoms with E-state index in [9.17, 15) is 9.59 Å². The van der Waals surface area contributed by atoms with E-state index < -0.39 is 24.0 Å². The van der Waals surface area contributed by atoms with Gasteiger partial charge in [0.25, 0.3) is 0 Å². The van der Waals surface area contributed by atoms with Crippen molar-refractivity contribution < 1.29 is 36.6 Å². The molecule has 0 bridgehead atoms. The predicted octanol–water partition coefficient (Wildman–Crippen LogP) is -4.38. The summed E-state index contributed by atoms with van der Waals surface area (Å²) in [7, 11) is 0. The molecule has 96 valence electrons. The highest BCUT2D eigenvalue weighted by Gasteiger charge is 2.15. The molecule has 1 amide bonds. The maximum absolute atomic E-state index is 10.8. The summed E-state index contributed by atoms with van der Waals surface area (Å²) in [6, 6.07) is -1.55. The predicted molar refractivity (Wildman–Crippen MR) is 53.3 cm³/mol. The summed E-state index contributed by atoms with van der Waals surface area (Å²) in [6.07, 6.45) is 0. The summed E-state index contributed by atoms with van der Waals surface area (Å²) in [4.78, 5) is 21.0. The van der Waals surface area contributed by atoms with Crippen LogP contribution in [-0.4, -0.2) is 51.0 Å². The Labute approximate surface area is 86.5 Å². The van der Waals surface area contributed by atoms with Crippen LogP contribution in [0, 0.1) is 0 Å². The van der Waals surface area contributed by atoms with Gasteiger partial charge in [-0.3, -0.25) is 9.59 Å². The SMILES string of the molecule is C[C@H](N)C(=O)N[C@@H](C)C(=O)O.O.O.O.O. The highest BCUT2D eigenvalue weighted by molar-refractivity contribution is 5.86. The number of rotatable bonds is 3. The van der Waals surface area contributed by atoms with E-state index >= 15 is 0 Å². The lowest BCUT2D eigenvalue weighted by Crippen LogP contribution is -2.45. The fourth-order valence-electron chi connectivity index (χ4n) is 0.407. The van der Waals surface area contributed by atoms with Crippen LogP contribution in [0.4, 0.5) is 0 Å². The van der Waals surface area contributed by atoms with Gasteiger partial charge < -0.3 is 38.1 Å². The van der Waals surface area contributed by atoms with Gasteiger partial charge in [-0.05, 0) is 13.8 Å². The van der Waals surface area contributed by atoms with Crippen LogP contribution in [0.3, 0.4) is 0 Å². The minimum absolute atomic E-state index is 0. The highest BCUT2D eigenvalue weighted by atomic mass is 16.4. The van der Waals surface area contributed by atoms with Crippen molar-refractivity contribution in [2.45, 2.75) is 25.9 Å². The summed E-state index contributed by atoms with van der Waals surface area (Å²) in [5.74, 6) is -1.53. The van der Waals surface area contributed by atoms with Crippen molar-refractivity contribution in [3.8, 4) is 0 Å². The molecule has 12 N–H and O–H groups in total. The maximum Gasteiger partial charge on any atom is 0.325 e. The van der Waals surface area contributed by atoms with Crippen LogP contribution in [0.2, 0.25) is 0 Å². The number of carboxylic acids is 1. The average Bonchev–Trinajstić information content (AvgIpc) is 1.87. The first-order chi connectivity index (χ1) is 4.95. The molecule has 0 aliphatic carbocycles. The minimum Gasteiger partial charge on any atom is -0.480 e. The second-order valence-corrected chi connectivity index (χ2v) is 2.36. The van der Waals surface area contributed by atoms with Crippen LogP contribution in [0.1, 0.15) is 13.8 Å². The summed E-state index contributed by atoms with van der Waals surface area (Å²) >= 11 is 0. The fourth-order valence-corrected chi connectivity index (χ4v) is 0.407. The lowest BCUT2D eigenvalue weighted by molar-refractivity contribution is -0.141. The molecule has 0 spiro atoms. The number of nitrogens with two attached hydrogens (primary N) is 1. The fraction of sp³-hybridized carbons (Fsp3) is 0.667. The summed E-state index contributed by atoms with van der Waals surface area (Å²) in [5.41, 5.74) is 5.18. The van der Waals surface area contributed by atoms with Crippen molar-refractivity contribution in [2.75, 3.05) is 0 Å². The normalized spacial score (nSPS) is 11.1. The van der Waals surface area contributed by atoms with E-state index in [2.05, 4.69) is 5.32 Å². The second kappa shape index (κ2) is 12.7. The molecule has 9 nitrogen and oxygen atoms in total. The van der Waals surface area contributed by atoms with Crippen LogP contribution >= 0.6 is 0 Å². The van der Waals surface area contributed by atoms with E-state index in [0.29, 0.717) is 0 Å². The zero-order valence-corrected chi connectivity index (χ0v) is 8.50. The first kappa shape index (κ1) is 29.2. The van der Waals surface area contributed by atoms with E-state index in [0.717, 1.165) is 0 Å². The number of aliphatic carboxylic acids is 1. The number of carbonyl (C=O) groups excluding carboxylic acids is 1. The Morgan fingerprint density at radius 2 is 1.47 bits per heavy atom. The van der Waals surface area contributed by atoms with Gasteiger partial charge in [-0.2, -0.15) is 0 Å². The minimum atomic E-state index is -1.07. The maximum atomic E-state index is 10.8. The van der Waals surface area contributed by atoms with Gasteiger partial charge in [-0.1, -0.05) is 0 Å². The lowest BCUT2D eigenvalue weighted by atomic mass is 10.3. The second-order valence-electron chi connectivity index (χ2n) is 2.36. The Hall–Kier alpha value is -1.26. The number of hydrogen-bond donors (Lipinski definition) is 3. The van der Waals surface area contributed by atoms with Gasteiger partial charge in [0.1, 0.15) is 6.04 Å². The average molecular weight is 232 g/mol. The van der Waals surface area contributed by atoms with Gasteiger partial charge in [-0.15, -0.1) is 0 Å². The Balaban J connectivity index is -0.0000000833. The third-order valence-electron chi connectivity index (χ3n) is 1.14. The molecule has 0 aliphatic rings. The monoisotopic (exact) mass is 232 g/mol. The molecule has 15 heavy (non-hydrogen) atoms. The van der Waals surface area contributed by atoms with E-state index in [1.165, 1.54) is 13.8 Å². The number of amides is 1. The molecule has 0 radical (unpaired) electrons. The van der Waals surface area contributed by atoms with E-state index in [4.69, 9.17) is 10.8 Å². The van der Waals surface area contributed by atoms with Crippen molar-refractivity contribution in [2.24, 2.45) is 5.73 Å². The third-order valence-corrected chi connectivity index (χ3v) is 1.14. The van der Waals surface area contributed by atoms with Crippen molar-refractivity contribution in [1.29, 1.82) is 0 Å². The largest absolute Gasteiger partial charge is 0.480 e. The van der Waals surface area contributed by atoms with Crippen LogP contribution in [0.5, 0.6) is 0 Å². The number of carbonyl (C=O) groups is 2. The Morgan fingerprint density at radius 3 is 1.67 bits per heavy atom. The van der Waals surface area contributed by atoms with Gasteiger partial charge >= 0.3 is 5.97 Å². The number of carboxylic acid groups (broad SMARTS) is 1. The van der Waals surface area contributed by atoms with Crippen molar-refractivity contribution in [1.82, 2.24) is 5.32 Å². The summed E-state index contributed by atoms with van der Waals surface area (Å²) < 4.78 is 0. The molecule has 0 aromatic heterocycles. The van der Waals surface area contributed by atoms with Gasteiger partial charge in [0, 0.05) is 0 Å². The van der Waals surface area contributed by atoms with Gasteiger partial charge in [-0.25, -0.2) is 0 Å². The summed E-state index contributed by atoms with van der Waals surface area (Å²) in [5, 5.41) is 10.6.